The fraction of sp³-hybridized carbons (Fsp3) is 0.917. The van der Waals surface area contributed by atoms with E-state index in [1.54, 1.807) is 0 Å². The van der Waals surface area contributed by atoms with Crippen LogP contribution in [0.1, 0.15) is 47.5 Å². The van der Waals surface area contributed by atoms with Gasteiger partial charge in [0.05, 0.1) is 12.6 Å². The number of carbonyl (C=O) groups excluding carboxylic acids is 1. The molecule has 96 valence electrons. The summed E-state index contributed by atoms with van der Waals surface area (Å²) < 4.78 is 0. The fourth-order valence-electron chi connectivity index (χ4n) is 1.32. The van der Waals surface area contributed by atoms with Gasteiger partial charge in [0.15, 0.2) is 0 Å². The molecule has 4 heteroatoms. The van der Waals surface area contributed by atoms with Crippen LogP contribution in [0.3, 0.4) is 0 Å². The Hall–Kier alpha value is -0.610. The van der Waals surface area contributed by atoms with Crippen LogP contribution in [0.2, 0.25) is 0 Å². The third-order valence-corrected chi connectivity index (χ3v) is 3.09. The Labute approximate surface area is 98.8 Å². The molecule has 0 aromatic rings. The molecule has 0 saturated carbocycles. The lowest BCUT2D eigenvalue weighted by molar-refractivity contribution is -0.124. The second-order valence-electron chi connectivity index (χ2n) is 4.76. The van der Waals surface area contributed by atoms with Crippen LogP contribution in [0.5, 0.6) is 0 Å². The van der Waals surface area contributed by atoms with Crippen LogP contribution in [0.4, 0.5) is 0 Å². The standard InChI is InChI=1S/C12H26N2O2/c1-6-9(3)13-11(16)10(4)14-12(5,7-2)8-15/h9-10,14-15H,6-8H2,1-5H3,(H,13,16). The Kier molecular flexibility index (Phi) is 6.60. The number of aliphatic hydroxyl groups excluding tert-OH is 1. The highest BCUT2D eigenvalue weighted by Gasteiger charge is 2.26. The van der Waals surface area contributed by atoms with Gasteiger partial charge in [0.1, 0.15) is 0 Å². The number of nitrogens with one attached hydrogen (secondary N) is 2. The van der Waals surface area contributed by atoms with Crippen molar-refractivity contribution in [2.24, 2.45) is 0 Å². The van der Waals surface area contributed by atoms with Crippen LogP contribution in [-0.2, 0) is 4.79 Å². The first kappa shape index (κ1) is 15.4. The number of rotatable bonds is 7. The van der Waals surface area contributed by atoms with Crippen molar-refractivity contribution >= 4 is 5.91 Å². The maximum Gasteiger partial charge on any atom is 0.237 e. The minimum absolute atomic E-state index is 0.0116. The predicted molar refractivity (Wildman–Crippen MR) is 66.3 cm³/mol. The van der Waals surface area contributed by atoms with Crippen LogP contribution in [-0.4, -0.2) is 35.2 Å². The lowest BCUT2D eigenvalue weighted by Gasteiger charge is -2.31. The lowest BCUT2D eigenvalue weighted by atomic mass is 9.99. The zero-order chi connectivity index (χ0) is 12.8. The van der Waals surface area contributed by atoms with Gasteiger partial charge in [-0.1, -0.05) is 13.8 Å². The van der Waals surface area contributed by atoms with Crippen LogP contribution >= 0.6 is 0 Å². The maximum absolute atomic E-state index is 11.8. The van der Waals surface area contributed by atoms with E-state index in [1.807, 2.05) is 34.6 Å². The van der Waals surface area contributed by atoms with Crippen molar-refractivity contribution < 1.29 is 9.90 Å². The molecule has 0 heterocycles. The van der Waals surface area contributed by atoms with Gasteiger partial charge in [0.2, 0.25) is 5.91 Å². The van der Waals surface area contributed by atoms with Crippen LogP contribution in [0, 0.1) is 0 Å². The zero-order valence-electron chi connectivity index (χ0n) is 11.1. The maximum atomic E-state index is 11.8. The predicted octanol–water partition coefficient (Wildman–Crippen LogP) is 1.04. The molecule has 3 unspecified atom stereocenters. The summed E-state index contributed by atoms with van der Waals surface area (Å²) in [6, 6.07) is -0.0927. The summed E-state index contributed by atoms with van der Waals surface area (Å²) in [5.41, 5.74) is -0.383. The number of amides is 1. The molecule has 0 aromatic carbocycles. The average molecular weight is 230 g/mol. The Morgan fingerprint density at radius 1 is 1.38 bits per heavy atom. The van der Waals surface area contributed by atoms with E-state index < -0.39 is 0 Å². The highest BCUT2D eigenvalue weighted by atomic mass is 16.3. The highest BCUT2D eigenvalue weighted by Crippen LogP contribution is 2.09. The van der Waals surface area contributed by atoms with Gasteiger partial charge in [-0.15, -0.1) is 0 Å². The molecule has 0 fully saturated rings. The second kappa shape index (κ2) is 6.86. The Morgan fingerprint density at radius 3 is 2.31 bits per heavy atom. The normalized spacial score (nSPS) is 18.6. The van der Waals surface area contributed by atoms with E-state index in [-0.39, 0.29) is 30.1 Å². The Bertz CT molecular complexity index is 215. The Morgan fingerprint density at radius 2 is 1.94 bits per heavy atom. The van der Waals surface area contributed by atoms with Gasteiger partial charge in [-0.25, -0.2) is 0 Å². The number of hydrogen-bond donors (Lipinski definition) is 3. The van der Waals surface area contributed by atoms with Crippen molar-refractivity contribution in [1.29, 1.82) is 0 Å². The van der Waals surface area contributed by atoms with E-state index in [2.05, 4.69) is 10.6 Å². The van der Waals surface area contributed by atoms with E-state index in [0.29, 0.717) is 0 Å². The molecule has 0 radical (unpaired) electrons. The third-order valence-electron chi connectivity index (χ3n) is 3.09. The van der Waals surface area contributed by atoms with Gasteiger partial charge in [0, 0.05) is 11.6 Å². The van der Waals surface area contributed by atoms with E-state index in [0.717, 1.165) is 12.8 Å². The highest BCUT2D eigenvalue weighted by molar-refractivity contribution is 5.81. The quantitative estimate of drug-likeness (QED) is 0.612. The van der Waals surface area contributed by atoms with Crippen LogP contribution in [0.25, 0.3) is 0 Å². The minimum Gasteiger partial charge on any atom is -0.394 e. The lowest BCUT2D eigenvalue weighted by Crippen LogP contribution is -2.55. The molecule has 0 aromatic heterocycles. The van der Waals surface area contributed by atoms with Crippen LogP contribution < -0.4 is 10.6 Å². The molecule has 16 heavy (non-hydrogen) atoms. The van der Waals surface area contributed by atoms with Crippen molar-refractivity contribution in [1.82, 2.24) is 10.6 Å². The topological polar surface area (TPSA) is 61.4 Å². The van der Waals surface area contributed by atoms with Gasteiger partial charge < -0.3 is 10.4 Å². The molecule has 0 aliphatic rings. The van der Waals surface area contributed by atoms with Crippen LogP contribution in [0.15, 0.2) is 0 Å². The largest absolute Gasteiger partial charge is 0.394 e. The third kappa shape index (κ3) is 4.94. The van der Waals surface area contributed by atoms with Crippen molar-refractivity contribution in [3.8, 4) is 0 Å². The Balaban J connectivity index is 4.24. The zero-order valence-corrected chi connectivity index (χ0v) is 11.1. The van der Waals surface area contributed by atoms with Crippen molar-refractivity contribution in [2.75, 3.05) is 6.61 Å². The first-order valence-electron chi connectivity index (χ1n) is 6.07. The van der Waals surface area contributed by atoms with Crippen molar-refractivity contribution in [3.05, 3.63) is 0 Å². The summed E-state index contributed by atoms with van der Waals surface area (Å²) in [6.45, 7) is 9.77. The van der Waals surface area contributed by atoms with Crippen molar-refractivity contribution in [2.45, 2.75) is 65.1 Å². The molecule has 0 bridgehead atoms. The number of carbonyl (C=O) groups is 1. The monoisotopic (exact) mass is 230 g/mol. The summed E-state index contributed by atoms with van der Waals surface area (Å²) in [6.07, 6.45) is 1.70. The molecule has 0 rings (SSSR count). The average Bonchev–Trinajstić information content (AvgIpc) is 2.28. The first-order valence-corrected chi connectivity index (χ1v) is 6.07. The van der Waals surface area contributed by atoms with E-state index >= 15 is 0 Å². The van der Waals surface area contributed by atoms with E-state index in [4.69, 9.17) is 0 Å². The molecule has 0 saturated heterocycles. The smallest absolute Gasteiger partial charge is 0.237 e. The molecule has 3 N–H and O–H groups in total. The summed E-state index contributed by atoms with van der Waals surface area (Å²) in [7, 11) is 0. The molecule has 3 atom stereocenters. The summed E-state index contributed by atoms with van der Waals surface area (Å²) >= 11 is 0. The molecule has 0 spiro atoms. The first-order chi connectivity index (χ1) is 7.38. The van der Waals surface area contributed by atoms with E-state index in [1.165, 1.54) is 0 Å². The molecular formula is C12H26N2O2. The van der Waals surface area contributed by atoms with Gasteiger partial charge >= 0.3 is 0 Å². The van der Waals surface area contributed by atoms with E-state index in [9.17, 15) is 9.90 Å². The molecular weight excluding hydrogens is 204 g/mol. The SMILES string of the molecule is CCC(C)NC(=O)C(C)NC(C)(CC)CO. The van der Waals surface area contributed by atoms with Gasteiger partial charge in [-0.2, -0.15) is 0 Å². The molecule has 0 aliphatic heterocycles. The second-order valence-corrected chi connectivity index (χ2v) is 4.76. The van der Waals surface area contributed by atoms with Gasteiger partial charge in [0.25, 0.3) is 0 Å². The fourth-order valence-corrected chi connectivity index (χ4v) is 1.32. The number of aliphatic hydroxyl groups is 1. The molecule has 1 amide bonds. The van der Waals surface area contributed by atoms with Gasteiger partial charge in [-0.3, -0.25) is 10.1 Å². The summed E-state index contributed by atoms with van der Waals surface area (Å²) in [5, 5.41) is 15.3. The van der Waals surface area contributed by atoms with Crippen molar-refractivity contribution in [3.63, 3.8) is 0 Å². The van der Waals surface area contributed by atoms with Gasteiger partial charge in [-0.05, 0) is 33.6 Å². The summed E-state index contributed by atoms with van der Waals surface area (Å²) in [4.78, 5) is 11.8. The molecule has 4 nitrogen and oxygen atoms in total. The summed E-state index contributed by atoms with van der Waals surface area (Å²) in [5.74, 6) is -0.0116. The molecule has 0 aliphatic carbocycles. The minimum atomic E-state index is -0.383. The number of hydrogen-bond acceptors (Lipinski definition) is 3.